The first-order valence-corrected chi connectivity index (χ1v) is 4.53. The van der Waals surface area contributed by atoms with Gasteiger partial charge in [-0.2, -0.15) is 0 Å². The summed E-state index contributed by atoms with van der Waals surface area (Å²) in [6.07, 6.45) is 7.35. The number of rotatable bonds is 4. The first-order chi connectivity index (χ1) is 7.50. The van der Waals surface area contributed by atoms with E-state index in [0.29, 0.717) is 0 Å². The van der Waals surface area contributed by atoms with Crippen LogP contribution in [0.5, 0.6) is 0 Å². The standard InChI is InChI=1S/C11H11FN2O2/c1-3-4-14-11(2,10(15)16)8-5-9(12)7-13-6-8/h1,5-7,14H,4H2,2H3,(H,15,16). The summed E-state index contributed by atoms with van der Waals surface area (Å²) in [4.78, 5) is 14.8. The maximum atomic E-state index is 13.0. The van der Waals surface area contributed by atoms with Gasteiger partial charge in [0.05, 0.1) is 12.7 Å². The van der Waals surface area contributed by atoms with Gasteiger partial charge in [-0.15, -0.1) is 6.42 Å². The highest BCUT2D eigenvalue weighted by molar-refractivity contribution is 5.80. The van der Waals surface area contributed by atoms with Gasteiger partial charge >= 0.3 is 5.97 Å². The zero-order valence-electron chi connectivity index (χ0n) is 8.70. The molecule has 84 valence electrons. The maximum absolute atomic E-state index is 13.0. The Morgan fingerprint density at radius 1 is 1.75 bits per heavy atom. The number of aromatic nitrogens is 1. The Kier molecular flexibility index (Phi) is 3.59. The van der Waals surface area contributed by atoms with Gasteiger partial charge in [-0.05, 0) is 13.0 Å². The van der Waals surface area contributed by atoms with Crippen molar-refractivity contribution in [2.45, 2.75) is 12.5 Å². The highest BCUT2D eigenvalue weighted by Gasteiger charge is 2.35. The van der Waals surface area contributed by atoms with Crippen LogP contribution in [0.3, 0.4) is 0 Å². The van der Waals surface area contributed by atoms with Crippen molar-refractivity contribution >= 4 is 5.97 Å². The van der Waals surface area contributed by atoms with Crippen molar-refractivity contribution in [1.82, 2.24) is 10.3 Å². The molecule has 0 aliphatic carbocycles. The van der Waals surface area contributed by atoms with E-state index < -0.39 is 17.3 Å². The quantitative estimate of drug-likeness (QED) is 0.738. The van der Waals surface area contributed by atoms with Crippen LogP contribution in [0, 0.1) is 18.2 Å². The van der Waals surface area contributed by atoms with Crippen molar-refractivity contribution in [2.75, 3.05) is 6.54 Å². The van der Waals surface area contributed by atoms with E-state index in [0.717, 1.165) is 12.3 Å². The highest BCUT2D eigenvalue weighted by Crippen LogP contribution is 2.20. The fraction of sp³-hybridized carbons (Fsp3) is 0.273. The third-order valence-electron chi connectivity index (χ3n) is 2.25. The molecule has 0 aliphatic heterocycles. The van der Waals surface area contributed by atoms with Crippen molar-refractivity contribution in [3.63, 3.8) is 0 Å². The molecule has 1 aromatic rings. The number of hydrogen-bond donors (Lipinski definition) is 2. The molecule has 2 N–H and O–H groups in total. The molecule has 1 aromatic heterocycles. The lowest BCUT2D eigenvalue weighted by atomic mass is 9.93. The fourth-order valence-corrected chi connectivity index (χ4v) is 1.21. The third-order valence-corrected chi connectivity index (χ3v) is 2.25. The predicted molar refractivity (Wildman–Crippen MR) is 56.0 cm³/mol. The zero-order chi connectivity index (χ0) is 12.2. The van der Waals surface area contributed by atoms with Crippen LogP contribution < -0.4 is 5.32 Å². The minimum atomic E-state index is -1.44. The number of carboxylic acid groups (broad SMARTS) is 1. The average molecular weight is 222 g/mol. The number of nitrogens with one attached hydrogen (secondary N) is 1. The van der Waals surface area contributed by atoms with Crippen molar-refractivity contribution in [1.29, 1.82) is 0 Å². The Morgan fingerprint density at radius 3 is 2.94 bits per heavy atom. The lowest BCUT2D eigenvalue weighted by Gasteiger charge is -2.25. The summed E-state index contributed by atoms with van der Waals surface area (Å²) in [5.41, 5.74) is -1.23. The Bertz CT molecular complexity index is 442. The zero-order valence-corrected chi connectivity index (χ0v) is 8.70. The van der Waals surface area contributed by atoms with E-state index in [9.17, 15) is 9.18 Å². The van der Waals surface area contributed by atoms with Gasteiger partial charge in [0, 0.05) is 11.8 Å². The molecule has 16 heavy (non-hydrogen) atoms. The van der Waals surface area contributed by atoms with E-state index in [1.165, 1.54) is 13.1 Å². The van der Waals surface area contributed by atoms with E-state index in [1.807, 2.05) is 0 Å². The van der Waals surface area contributed by atoms with Crippen LogP contribution in [0.15, 0.2) is 18.5 Å². The number of carboxylic acids is 1. The van der Waals surface area contributed by atoms with Gasteiger partial charge in [0.1, 0.15) is 11.4 Å². The number of aliphatic carboxylic acids is 1. The largest absolute Gasteiger partial charge is 0.480 e. The summed E-state index contributed by atoms with van der Waals surface area (Å²) < 4.78 is 13.0. The topological polar surface area (TPSA) is 62.2 Å². The Labute approximate surface area is 92.5 Å². The first kappa shape index (κ1) is 12.1. The van der Waals surface area contributed by atoms with Gasteiger partial charge in [-0.1, -0.05) is 5.92 Å². The van der Waals surface area contributed by atoms with Crippen LogP contribution >= 0.6 is 0 Å². The normalized spacial score (nSPS) is 13.8. The van der Waals surface area contributed by atoms with Crippen molar-refractivity contribution in [3.8, 4) is 12.3 Å². The lowest BCUT2D eigenvalue weighted by Crippen LogP contribution is -2.47. The number of halogens is 1. The predicted octanol–water partition coefficient (Wildman–Crippen LogP) is 0.743. The Balaban J connectivity index is 3.12. The van der Waals surface area contributed by atoms with Crippen molar-refractivity contribution in [2.24, 2.45) is 0 Å². The van der Waals surface area contributed by atoms with Gasteiger partial charge in [-0.3, -0.25) is 10.3 Å². The lowest BCUT2D eigenvalue weighted by molar-refractivity contribution is -0.144. The summed E-state index contributed by atoms with van der Waals surface area (Å²) >= 11 is 0. The summed E-state index contributed by atoms with van der Waals surface area (Å²) in [6, 6.07) is 1.12. The molecule has 5 heteroatoms. The molecule has 1 atom stereocenters. The third kappa shape index (κ3) is 2.35. The van der Waals surface area contributed by atoms with Gasteiger partial charge < -0.3 is 5.11 Å². The van der Waals surface area contributed by atoms with Crippen molar-refractivity contribution < 1.29 is 14.3 Å². The molecule has 0 aromatic carbocycles. The number of hydrogen-bond acceptors (Lipinski definition) is 3. The second-order valence-corrected chi connectivity index (χ2v) is 3.38. The molecule has 0 radical (unpaired) electrons. The van der Waals surface area contributed by atoms with Gasteiger partial charge in [0.15, 0.2) is 0 Å². The molecule has 0 aliphatic rings. The van der Waals surface area contributed by atoms with E-state index in [2.05, 4.69) is 16.2 Å². The molecule has 0 amide bonds. The second-order valence-electron chi connectivity index (χ2n) is 3.38. The molecular weight excluding hydrogens is 211 g/mol. The molecular formula is C11H11FN2O2. The van der Waals surface area contributed by atoms with Crippen LogP contribution in [0.2, 0.25) is 0 Å². The summed E-state index contributed by atoms with van der Waals surface area (Å²) in [7, 11) is 0. The molecule has 0 spiro atoms. The minimum absolute atomic E-state index is 0.0688. The number of nitrogens with zero attached hydrogens (tertiary/aromatic N) is 1. The molecule has 0 saturated heterocycles. The fourth-order valence-electron chi connectivity index (χ4n) is 1.21. The summed E-state index contributed by atoms with van der Waals surface area (Å²) in [6.45, 7) is 1.47. The average Bonchev–Trinajstić information content (AvgIpc) is 2.25. The highest BCUT2D eigenvalue weighted by atomic mass is 19.1. The van der Waals surface area contributed by atoms with Crippen LogP contribution in [0.4, 0.5) is 4.39 Å². The minimum Gasteiger partial charge on any atom is -0.480 e. The maximum Gasteiger partial charge on any atom is 0.328 e. The van der Waals surface area contributed by atoms with Gasteiger partial charge in [0.2, 0.25) is 0 Å². The number of pyridine rings is 1. The smallest absolute Gasteiger partial charge is 0.328 e. The Hall–Kier alpha value is -1.93. The molecule has 0 saturated carbocycles. The van der Waals surface area contributed by atoms with Crippen LogP contribution in [-0.2, 0) is 10.3 Å². The Morgan fingerprint density at radius 2 is 2.44 bits per heavy atom. The van der Waals surface area contributed by atoms with E-state index in [-0.39, 0.29) is 12.1 Å². The molecule has 0 fully saturated rings. The number of carbonyl (C=O) groups is 1. The number of terminal acetylenes is 1. The van der Waals surface area contributed by atoms with Crippen LogP contribution in [0.25, 0.3) is 0 Å². The molecule has 1 heterocycles. The summed E-state index contributed by atoms with van der Waals surface area (Å²) in [5, 5.41) is 11.8. The second kappa shape index (κ2) is 4.73. The van der Waals surface area contributed by atoms with Gasteiger partial charge in [0.25, 0.3) is 0 Å². The van der Waals surface area contributed by atoms with Gasteiger partial charge in [-0.25, -0.2) is 9.18 Å². The monoisotopic (exact) mass is 222 g/mol. The van der Waals surface area contributed by atoms with Crippen LogP contribution in [0.1, 0.15) is 12.5 Å². The summed E-state index contributed by atoms with van der Waals surface area (Å²) in [5.74, 6) is 0.540. The van der Waals surface area contributed by atoms with E-state index in [4.69, 9.17) is 11.5 Å². The van der Waals surface area contributed by atoms with E-state index in [1.54, 1.807) is 0 Å². The molecule has 0 bridgehead atoms. The SMILES string of the molecule is C#CCNC(C)(C(=O)O)c1cncc(F)c1. The molecule has 4 nitrogen and oxygen atoms in total. The first-order valence-electron chi connectivity index (χ1n) is 4.53. The molecule has 1 rings (SSSR count). The van der Waals surface area contributed by atoms with Crippen molar-refractivity contribution in [3.05, 3.63) is 29.8 Å². The van der Waals surface area contributed by atoms with Crippen LogP contribution in [-0.4, -0.2) is 22.6 Å². The molecule has 1 unspecified atom stereocenters. The van der Waals surface area contributed by atoms with E-state index >= 15 is 0 Å².